The van der Waals surface area contributed by atoms with Crippen molar-refractivity contribution in [3.05, 3.63) is 89.9 Å². The van der Waals surface area contributed by atoms with Gasteiger partial charge in [-0.05, 0) is 75.4 Å². The monoisotopic (exact) mass is 621 g/mol. The van der Waals surface area contributed by atoms with Crippen LogP contribution in [0.3, 0.4) is 0 Å². The number of hydrogen-bond acceptors (Lipinski definition) is 7. The Balaban J connectivity index is 1.03. The zero-order valence-electron chi connectivity index (χ0n) is 27.7. The number of rotatable bonds is 9. The molecule has 1 amide bonds. The van der Waals surface area contributed by atoms with Crippen LogP contribution in [0.1, 0.15) is 67.6 Å². The molecule has 2 aliphatic rings. The summed E-state index contributed by atoms with van der Waals surface area (Å²) in [6.45, 7) is 9.63. The second-order valence-electron chi connectivity index (χ2n) is 13.2. The number of nitrogens with zero attached hydrogens (tertiary/aromatic N) is 5. The second kappa shape index (κ2) is 13.7. The molecular formula is C37H47N7O2. The molecule has 6 rings (SSSR count). The van der Waals surface area contributed by atoms with Crippen LogP contribution in [0, 0.1) is 0 Å². The van der Waals surface area contributed by atoms with Crippen molar-refractivity contribution in [3.63, 3.8) is 0 Å². The van der Waals surface area contributed by atoms with Gasteiger partial charge in [0.15, 0.2) is 0 Å². The van der Waals surface area contributed by atoms with Gasteiger partial charge in [-0.25, -0.2) is 4.98 Å². The van der Waals surface area contributed by atoms with E-state index in [1.807, 2.05) is 13.2 Å². The standard InChI is InChI=1S/C37H47N7O2/c1-24-20-44(21-25(2)43(24)5)26(3)28-13-15-30(16-14-28)29-11-9-27(10-12-29)23-46-35-8-6-7-34(35)41-37(45)33-17-31(18-39-36(33)38)32-19-40-42(4)22-32/h9-19,22,24-26,34-35H,6-8,20-21,23H2,1-5H3,(H2,38,39)(H,41,45)/t24?,25?,26?,34-,35-/m0/s1. The van der Waals surface area contributed by atoms with Gasteiger partial charge in [0.1, 0.15) is 5.82 Å². The van der Waals surface area contributed by atoms with Gasteiger partial charge in [0, 0.05) is 61.8 Å². The predicted octanol–water partition coefficient (Wildman–Crippen LogP) is 5.68. The number of ether oxygens (including phenoxy) is 1. The van der Waals surface area contributed by atoms with Gasteiger partial charge >= 0.3 is 0 Å². The normalized spacial score (nSPS) is 23.0. The maximum absolute atomic E-state index is 13.3. The van der Waals surface area contributed by atoms with Crippen LogP contribution in [0.5, 0.6) is 0 Å². The molecule has 1 saturated heterocycles. The molecule has 1 aliphatic heterocycles. The van der Waals surface area contributed by atoms with Gasteiger partial charge in [-0.15, -0.1) is 0 Å². The highest BCUT2D eigenvalue weighted by Gasteiger charge is 2.31. The summed E-state index contributed by atoms with van der Waals surface area (Å²) in [5, 5.41) is 7.38. The Kier molecular flexibility index (Phi) is 9.54. The maximum atomic E-state index is 13.3. The van der Waals surface area contributed by atoms with Crippen LogP contribution in [0.25, 0.3) is 22.3 Å². The van der Waals surface area contributed by atoms with E-state index in [4.69, 9.17) is 10.5 Å². The lowest BCUT2D eigenvalue weighted by Gasteiger charge is -2.45. The fourth-order valence-electron chi connectivity index (χ4n) is 6.85. The smallest absolute Gasteiger partial charge is 0.255 e. The van der Waals surface area contributed by atoms with Crippen LogP contribution in [-0.2, 0) is 18.4 Å². The Labute approximate surface area is 272 Å². The molecule has 0 spiro atoms. The fourth-order valence-corrected chi connectivity index (χ4v) is 6.85. The quantitative estimate of drug-likeness (QED) is 0.248. The minimum absolute atomic E-state index is 0.0554. The third-order valence-electron chi connectivity index (χ3n) is 10.1. The molecule has 242 valence electrons. The average molecular weight is 622 g/mol. The molecular weight excluding hydrogens is 574 g/mol. The van der Waals surface area contributed by atoms with Crippen molar-refractivity contribution < 1.29 is 9.53 Å². The lowest BCUT2D eigenvalue weighted by molar-refractivity contribution is 0.0272. The van der Waals surface area contributed by atoms with E-state index in [1.54, 1.807) is 23.1 Å². The van der Waals surface area contributed by atoms with Crippen molar-refractivity contribution >= 4 is 11.7 Å². The van der Waals surface area contributed by atoms with E-state index >= 15 is 0 Å². The number of nitrogens with one attached hydrogen (secondary N) is 1. The van der Waals surface area contributed by atoms with Crippen molar-refractivity contribution in [3.8, 4) is 22.3 Å². The number of nitrogens with two attached hydrogens (primary N) is 1. The van der Waals surface area contributed by atoms with Crippen LogP contribution in [-0.4, -0.2) is 74.8 Å². The molecule has 1 aliphatic carbocycles. The summed E-state index contributed by atoms with van der Waals surface area (Å²) in [5.74, 6) is -0.0159. The van der Waals surface area contributed by atoms with Gasteiger partial charge in [-0.3, -0.25) is 19.3 Å². The molecule has 5 atom stereocenters. The number of nitrogen functional groups attached to an aromatic ring is 1. The number of hydrogen-bond donors (Lipinski definition) is 2. The molecule has 3 unspecified atom stereocenters. The predicted molar refractivity (Wildman–Crippen MR) is 183 cm³/mol. The van der Waals surface area contributed by atoms with Crippen LogP contribution in [0.2, 0.25) is 0 Å². The number of likely N-dealkylation sites (N-methyl/N-ethyl adjacent to an activating group) is 1. The first kappa shape index (κ1) is 31.9. The van der Waals surface area contributed by atoms with Gasteiger partial charge in [-0.2, -0.15) is 5.10 Å². The topological polar surface area (TPSA) is 102 Å². The van der Waals surface area contributed by atoms with Gasteiger partial charge in [-0.1, -0.05) is 48.5 Å². The van der Waals surface area contributed by atoms with Gasteiger partial charge < -0.3 is 15.8 Å². The van der Waals surface area contributed by atoms with Crippen LogP contribution in [0.15, 0.2) is 73.2 Å². The number of anilines is 1. The third-order valence-corrected chi connectivity index (χ3v) is 10.1. The minimum Gasteiger partial charge on any atom is -0.383 e. The van der Waals surface area contributed by atoms with Crippen LogP contribution < -0.4 is 11.1 Å². The van der Waals surface area contributed by atoms with E-state index in [1.165, 1.54) is 16.7 Å². The Hall–Kier alpha value is -4.05. The summed E-state index contributed by atoms with van der Waals surface area (Å²) < 4.78 is 8.07. The number of piperazine rings is 1. The zero-order valence-corrected chi connectivity index (χ0v) is 27.7. The van der Waals surface area contributed by atoms with E-state index in [9.17, 15) is 4.79 Å². The molecule has 2 aromatic carbocycles. The van der Waals surface area contributed by atoms with E-state index in [0.29, 0.717) is 30.3 Å². The highest BCUT2D eigenvalue weighted by molar-refractivity contribution is 5.99. The first-order valence-corrected chi connectivity index (χ1v) is 16.5. The third kappa shape index (κ3) is 7.02. The summed E-state index contributed by atoms with van der Waals surface area (Å²) >= 11 is 0. The minimum atomic E-state index is -0.228. The van der Waals surface area contributed by atoms with Crippen LogP contribution in [0.4, 0.5) is 5.82 Å². The Morgan fingerprint density at radius 1 is 0.957 bits per heavy atom. The molecule has 0 radical (unpaired) electrons. The van der Waals surface area contributed by atoms with Crippen LogP contribution >= 0.6 is 0 Å². The van der Waals surface area contributed by atoms with Crippen molar-refractivity contribution in [2.75, 3.05) is 25.9 Å². The number of carbonyl (C=O) groups excluding carboxylic acids is 1. The summed E-state index contributed by atoms with van der Waals surface area (Å²) in [4.78, 5) is 22.6. The van der Waals surface area contributed by atoms with Gasteiger partial charge in [0.05, 0.1) is 30.5 Å². The number of benzene rings is 2. The first-order valence-electron chi connectivity index (χ1n) is 16.5. The SMILES string of the molecule is CC(c1ccc(-c2ccc(CO[C@H]3CCC[C@@H]3NC(=O)c3cc(-c4cnn(C)c4)cnc3N)cc2)cc1)N1CC(C)N(C)C(C)C1. The number of amides is 1. The largest absolute Gasteiger partial charge is 0.383 e. The highest BCUT2D eigenvalue weighted by atomic mass is 16.5. The number of aryl methyl sites for hydroxylation is 1. The molecule has 3 N–H and O–H groups in total. The van der Waals surface area contributed by atoms with E-state index in [2.05, 4.69) is 102 Å². The molecule has 9 heteroatoms. The molecule has 3 heterocycles. The molecule has 9 nitrogen and oxygen atoms in total. The van der Waals surface area contributed by atoms with Crippen molar-refractivity contribution in [2.24, 2.45) is 7.05 Å². The molecule has 46 heavy (non-hydrogen) atoms. The second-order valence-corrected chi connectivity index (χ2v) is 13.2. The average Bonchev–Trinajstić information content (AvgIpc) is 3.71. The summed E-state index contributed by atoms with van der Waals surface area (Å²) in [5.41, 5.74) is 13.0. The lowest BCUT2D eigenvalue weighted by atomic mass is 9.98. The van der Waals surface area contributed by atoms with Crippen molar-refractivity contribution in [1.29, 1.82) is 0 Å². The van der Waals surface area contributed by atoms with E-state index in [-0.39, 0.29) is 23.9 Å². The first-order chi connectivity index (χ1) is 22.2. The Bertz CT molecular complexity index is 1620. The number of carbonyl (C=O) groups is 1. The van der Waals surface area contributed by atoms with Gasteiger partial charge in [0.25, 0.3) is 5.91 Å². The molecule has 2 aromatic heterocycles. The summed E-state index contributed by atoms with van der Waals surface area (Å²) in [6.07, 6.45) is 8.02. The van der Waals surface area contributed by atoms with Crippen molar-refractivity contribution in [2.45, 2.75) is 76.9 Å². The summed E-state index contributed by atoms with van der Waals surface area (Å²) in [7, 11) is 4.09. The van der Waals surface area contributed by atoms with Gasteiger partial charge in [0.2, 0.25) is 0 Å². The zero-order chi connectivity index (χ0) is 32.4. The van der Waals surface area contributed by atoms with E-state index < -0.39 is 0 Å². The van der Waals surface area contributed by atoms with E-state index in [0.717, 1.165) is 49.0 Å². The molecule has 4 aromatic rings. The summed E-state index contributed by atoms with van der Waals surface area (Å²) in [6, 6.07) is 20.8. The Morgan fingerprint density at radius 3 is 2.28 bits per heavy atom. The highest BCUT2D eigenvalue weighted by Crippen LogP contribution is 2.29. The molecule has 0 bridgehead atoms. The Morgan fingerprint density at radius 2 is 1.63 bits per heavy atom. The fraction of sp³-hybridized carbons (Fsp3) is 0.432. The number of pyridine rings is 1. The van der Waals surface area contributed by atoms with Crippen molar-refractivity contribution in [1.82, 2.24) is 29.9 Å². The molecule has 1 saturated carbocycles. The maximum Gasteiger partial charge on any atom is 0.255 e. The number of aromatic nitrogens is 3. The lowest BCUT2D eigenvalue weighted by Crippen LogP contribution is -2.55. The molecule has 2 fully saturated rings.